The van der Waals surface area contributed by atoms with Crippen LogP contribution in [0.25, 0.3) is 5.52 Å². The first kappa shape index (κ1) is 13.5. The van der Waals surface area contributed by atoms with E-state index in [9.17, 15) is 4.79 Å². The van der Waals surface area contributed by atoms with Crippen LogP contribution in [-0.4, -0.2) is 43.8 Å². The molecule has 3 heterocycles. The highest BCUT2D eigenvalue weighted by Crippen LogP contribution is 2.26. The Balaban J connectivity index is 2.00. The second-order valence-electron chi connectivity index (χ2n) is 5.28. The lowest BCUT2D eigenvalue weighted by Crippen LogP contribution is -2.48. The number of aryl methyl sites for hydroxylation is 1. The first-order valence-electron chi connectivity index (χ1n) is 6.96. The van der Waals surface area contributed by atoms with Crippen molar-refractivity contribution in [1.82, 2.24) is 14.3 Å². The number of carbonyl (C=O) groups is 1. The van der Waals surface area contributed by atoms with Gasteiger partial charge in [0.1, 0.15) is 5.82 Å². The summed E-state index contributed by atoms with van der Waals surface area (Å²) >= 11 is 1.93. The lowest BCUT2D eigenvalue weighted by atomic mass is 10.2. The van der Waals surface area contributed by atoms with E-state index in [2.05, 4.69) is 18.8 Å². The van der Waals surface area contributed by atoms with Gasteiger partial charge in [0.15, 0.2) is 5.69 Å². The second-order valence-corrected chi connectivity index (χ2v) is 6.76. The number of amides is 1. The third-order valence-corrected chi connectivity index (χ3v) is 5.41. The Morgan fingerprint density at radius 2 is 2.20 bits per heavy atom. The maximum atomic E-state index is 12.8. The van der Waals surface area contributed by atoms with Crippen molar-refractivity contribution in [3.05, 3.63) is 35.9 Å². The van der Waals surface area contributed by atoms with Gasteiger partial charge in [-0.1, -0.05) is 13.0 Å². The standard InChI is InChI=1S/C15H19N3OS/c1-10-11(2)20-9-8-17(10)15(19)14-13-6-4-5-7-18(13)12(3)16-14/h4-7,10-11H,8-9H2,1-3H3/t10-,11-/m0/s1. The van der Waals surface area contributed by atoms with Gasteiger partial charge in [-0.2, -0.15) is 11.8 Å². The Morgan fingerprint density at radius 3 is 3.00 bits per heavy atom. The summed E-state index contributed by atoms with van der Waals surface area (Å²) in [5, 5.41) is 0.475. The summed E-state index contributed by atoms with van der Waals surface area (Å²) in [6.07, 6.45) is 1.95. The van der Waals surface area contributed by atoms with E-state index in [4.69, 9.17) is 0 Å². The number of imidazole rings is 1. The average molecular weight is 289 g/mol. The van der Waals surface area contributed by atoms with Crippen molar-refractivity contribution >= 4 is 23.2 Å². The minimum atomic E-state index is 0.0569. The van der Waals surface area contributed by atoms with Crippen LogP contribution in [0, 0.1) is 6.92 Å². The predicted octanol–water partition coefficient (Wildman–Crippen LogP) is 2.61. The summed E-state index contributed by atoms with van der Waals surface area (Å²) in [5.74, 6) is 1.92. The molecular weight excluding hydrogens is 270 g/mol. The molecule has 0 radical (unpaired) electrons. The van der Waals surface area contributed by atoms with Gasteiger partial charge in [-0.25, -0.2) is 4.98 Å². The molecule has 1 amide bonds. The molecule has 1 aliphatic rings. The average Bonchev–Trinajstić information content (AvgIpc) is 2.79. The van der Waals surface area contributed by atoms with Gasteiger partial charge in [-0.3, -0.25) is 4.79 Å². The van der Waals surface area contributed by atoms with E-state index in [1.165, 1.54) is 0 Å². The fourth-order valence-electron chi connectivity index (χ4n) is 2.70. The molecule has 2 aromatic heterocycles. The minimum absolute atomic E-state index is 0.0569. The SMILES string of the molecule is Cc1nc(C(=O)N2CCS[C@@H](C)[C@@H]2C)c2ccccn12. The topological polar surface area (TPSA) is 37.6 Å². The minimum Gasteiger partial charge on any atom is -0.333 e. The number of pyridine rings is 1. The smallest absolute Gasteiger partial charge is 0.275 e. The third-order valence-electron chi connectivity index (χ3n) is 4.07. The zero-order valence-corrected chi connectivity index (χ0v) is 12.9. The van der Waals surface area contributed by atoms with Crippen LogP contribution in [0.5, 0.6) is 0 Å². The monoisotopic (exact) mass is 289 g/mol. The van der Waals surface area contributed by atoms with Gasteiger partial charge >= 0.3 is 0 Å². The fraction of sp³-hybridized carbons (Fsp3) is 0.467. The van der Waals surface area contributed by atoms with E-state index in [-0.39, 0.29) is 11.9 Å². The fourth-order valence-corrected chi connectivity index (χ4v) is 3.80. The van der Waals surface area contributed by atoms with Crippen LogP contribution in [0.1, 0.15) is 30.2 Å². The molecule has 1 aliphatic heterocycles. The Labute approximate surface area is 123 Å². The van der Waals surface area contributed by atoms with Crippen molar-refractivity contribution in [2.45, 2.75) is 32.1 Å². The molecule has 0 aliphatic carbocycles. The lowest BCUT2D eigenvalue weighted by molar-refractivity contribution is 0.0694. The van der Waals surface area contributed by atoms with Crippen LogP contribution in [0.15, 0.2) is 24.4 Å². The van der Waals surface area contributed by atoms with Gasteiger partial charge in [-0.15, -0.1) is 0 Å². The highest BCUT2D eigenvalue weighted by Gasteiger charge is 2.31. The molecule has 1 saturated heterocycles. The van der Waals surface area contributed by atoms with Gasteiger partial charge in [0.05, 0.1) is 5.52 Å². The van der Waals surface area contributed by atoms with E-state index < -0.39 is 0 Å². The quantitative estimate of drug-likeness (QED) is 0.810. The van der Waals surface area contributed by atoms with E-state index in [1.807, 2.05) is 52.4 Å². The summed E-state index contributed by atoms with van der Waals surface area (Å²) in [5.41, 5.74) is 1.47. The maximum absolute atomic E-state index is 12.8. The molecule has 2 atom stereocenters. The lowest BCUT2D eigenvalue weighted by Gasteiger charge is -2.37. The van der Waals surface area contributed by atoms with Crippen LogP contribution in [0.2, 0.25) is 0 Å². The van der Waals surface area contributed by atoms with Gasteiger partial charge in [0.2, 0.25) is 0 Å². The molecule has 0 bridgehead atoms. The highest BCUT2D eigenvalue weighted by atomic mass is 32.2. The van der Waals surface area contributed by atoms with Gasteiger partial charge < -0.3 is 9.30 Å². The van der Waals surface area contributed by atoms with E-state index in [0.717, 1.165) is 23.6 Å². The van der Waals surface area contributed by atoms with Gasteiger partial charge in [0.25, 0.3) is 5.91 Å². The van der Waals surface area contributed by atoms with E-state index >= 15 is 0 Å². The van der Waals surface area contributed by atoms with Crippen molar-refractivity contribution in [3.8, 4) is 0 Å². The zero-order valence-electron chi connectivity index (χ0n) is 12.0. The molecule has 0 unspecified atom stereocenters. The van der Waals surface area contributed by atoms with Crippen LogP contribution in [-0.2, 0) is 0 Å². The summed E-state index contributed by atoms with van der Waals surface area (Å²) in [4.78, 5) is 19.3. The molecular formula is C15H19N3OS. The van der Waals surface area contributed by atoms with Crippen molar-refractivity contribution < 1.29 is 4.79 Å². The molecule has 1 fully saturated rings. The van der Waals surface area contributed by atoms with Crippen molar-refractivity contribution in [2.24, 2.45) is 0 Å². The highest BCUT2D eigenvalue weighted by molar-refractivity contribution is 8.00. The van der Waals surface area contributed by atoms with Crippen LogP contribution in [0.3, 0.4) is 0 Å². The first-order chi connectivity index (χ1) is 9.59. The second kappa shape index (κ2) is 5.13. The molecule has 0 N–H and O–H groups in total. The Morgan fingerprint density at radius 1 is 1.40 bits per heavy atom. The number of carbonyl (C=O) groups excluding carboxylic acids is 1. The zero-order chi connectivity index (χ0) is 14.3. The molecule has 0 saturated carbocycles. The number of aromatic nitrogens is 2. The van der Waals surface area contributed by atoms with Crippen LogP contribution >= 0.6 is 11.8 Å². The molecule has 2 aromatic rings. The van der Waals surface area contributed by atoms with Crippen molar-refractivity contribution in [2.75, 3.05) is 12.3 Å². The predicted molar refractivity (Wildman–Crippen MR) is 82.3 cm³/mol. The first-order valence-corrected chi connectivity index (χ1v) is 8.00. The molecule has 4 nitrogen and oxygen atoms in total. The largest absolute Gasteiger partial charge is 0.333 e. The summed E-state index contributed by atoms with van der Waals surface area (Å²) in [7, 11) is 0. The number of hydrogen-bond acceptors (Lipinski definition) is 3. The molecule has 5 heteroatoms. The molecule has 20 heavy (non-hydrogen) atoms. The molecule has 0 spiro atoms. The summed E-state index contributed by atoms with van der Waals surface area (Å²) in [6, 6.07) is 6.12. The van der Waals surface area contributed by atoms with E-state index in [1.54, 1.807) is 0 Å². The molecule has 0 aromatic carbocycles. The molecule has 3 rings (SSSR count). The number of nitrogens with zero attached hydrogens (tertiary/aromatic N) is 3. The van der Waals surface area contributed by atoms with E-state index in [0.29, 0.717) is 10.9 Å². The number of rotatable bonds is 1. The summed E-state index contributed by atoms with van der Waals surface area (Å²) < 4.78 is 1.97. The number of thioether (sulfide) groups is 1. The normalized spacial score (nSPS) is 23.2. The van der Waals surface area contributed by atoms with Gasteiger partial charge in [-0.05, 0) is 26.0 Å². The third kappa shape index (κ3) is 2.10. The Hall–Kier alpha value is -1.49. The van der Waals surface area contributed by atoms with Crippen molar-refractivity contribution in [1.29, 1.82) is 0 Å². The molecule has 106 valence electrons. The van der Waals surface area contributed by atoms with Gasteiger partial charge in [0, 0.05) is 29.8 Å². The maximum Gasteiger partial charge on any atom is 0.275 e. The number of fused-ring (bicyclic) bond motifs is 1. The summed E-state index contributed by atoms with van der Waals surface area (Å²) in [6.45, 7) is 7.05. The Kier molecular flexibility index (Phi) is 3.46. The Bertz CT molecular complexity index is 652. The number of hydrogen-bond donors (Lipinski definition) is 0. The van der Waals surface area contributed by atoms with Crippen LogP contribution < -0.4 is 0 Å². The van der Waals surface area contributed by atoms with Crippen LogP contribution in [0.4, 0.5) is 0 Å². The van der Waals surface area contributed by atoms with Crippen molar-refractivity contribution in [3.63, 3.8) is 0 Å².